The number of piperidine rings is 1. The molecule has 8 heteroatoms. The normalized spacial score (nSPS) is 20.7. The van der Waals surface area contributed by atoms with Gasteiger partial charge in [-0.05, 0) is 45.9 Å². The molecule has 0 radical (unpaired) electrons. The topological polar surface area (TPSA) is 65.7 Å². The Balaban J connectivity index is 1.32. The van der Waals surface area contributed by atoms with E-state index in [9.17, 15) is 4.79 Å². The van der Waals surface area contributed by atoms with Gasteiger partial charge >= 0.3 is 0 Å². The SMILES string of the molecule is CN1CCCN(C(=O)c2cnc(C3CCN(Cc4nccs4)CC3)o2)CC1. The Bertz CT molecular complexity index is 739. The lowest BCUT2D eigenvalue weighted by Gasteiger charge is -2.29. The second-order valence-electron chi connectivity index (χ2n) is 7.49. The van der Waals surface area contributed by atoms with E-state index in [2.05, 4.69) is 26.8 Å². The van der Waals surface area contributed by atoms with Crippen molar-refractivity contribution in [2.45, 2.75) is 31.7 Å². The van der Waals surface area contributed by atoms with E-state index >= 15 is 0 Å². The molecule has 0 aromatic carbocycles. The largest absolute Gasteiger partial charge is 0.435 e. The minimum absolute atomic E-state index is 0.0229. The van der Waals surface area contributed by atoms with Crippen LogP contribution < -0.4 is 0 Å². The fourth-order valence-electron chi connectivity index (χ4n) is 3.84. The minimum atomic E-state index is -0.0229. The fourth-order valence-corrected chi connectivity index (χ4v) is 4.50. The van der Waals surface area contributed by atoms with E-state index < -0.39 is 0 Å². The summed E-state index contributed by atoms with van der Waals surface area (Å²) in [5, 5.41) is 3.19. The number of amides is 1. The Hall–Kier alpha value is -1.77. The molecule has 2 fully saturated rings. The lowest BCUT2D eigenvalue weighted by atomic mass is 9.97. The standard InChI is InChI=1S/C19H27N5O2S/c1-22-6-2-7-24(11-10-22)19(25)16-13-21-18(26-16)15-3-8-23(9-4-15)14-17-20-5-12-27-17/h5,12-13,15H,2-4,6-11,14H2,1H3. The summed E-state index contributed by atoms with van der Waals surface area (Å²) in [5.41, 5.74) is 0. The van der Waals surface area contributed by atoms with Crippen LogP contribution in [0.4, 0.5) is 0 Å². The highest BCUT2D eigenvalue weighted by Gasteiger charge is 2.27. The number of likely N-dealkylation sites (N-methyl/N-ethyl adjacent to an activating group) is 1. The maximum absolute atomic E-state index is 12.7. The van der Waals surface area contributed by atoms with E-state index in [1.54, 1.807) is 17.5 Å². The summed E-state index contributed by atoms with van der Waals surface area (Å²) in [6.07, 6.45) is 6.50. The maximum Gasteiger partial charge on any atom is 0.291 e. The Morgan fingerprint density at radius 1 is 1.19 bits per heavy atom. The Kier molecular flexibility index (Phi) is 5.85. The van der Waals surface area contributed by atoms with Gasteiger partial charge in [-0.2, -0.15) is 0 Å². The van der Waals surface area contributed by atoms with Crippen LogP contribution in [0.2, 0.25) is 0 Å². The van der Waals surface area contributed by atoms with Gasteiger partial charge in [0, 0.05) is 37.1 Å². The number of hydrogen-bond acceptors (Lipinski definition) is 7. The van der Waals surface area contributed by atoms with Crippen molar-refractivity contribution >= 4 is 17.2 Å². The number of hydrogen-bond donors (Lipinski definition) is 0. The molecule has 0 bridgehead atoms. The molecule has 0 N–H and O–H groups in total. The first-order valence-electron chi connectivity index (χ1n) is 9.73. The van der Waals surface area contributed by atoms with Crippen molar-refractivity contribution < 1.29 is 9.21 Å². The summed E-state index contributed by atoms with van der Waals surface area (Å²) in [4.78, 5) is 28.1. The van der Waals surface area contributed by atoms with Crippen LogP contribution in [-0.2, 0) is 6.54 Å². The van der Waals surface area contributed by atoms with Crippen molar-refractivity contribution in [3.8, 4) is 0 Å². The zero-order valence-electron chi connectivity index (χ0n) is 15.8. The molecule has 2 aromatic rings. The van der Waals surface area contributed by atoms with Gasteiger partial charge in [0.1, 0.15) is 5.01 Å². The van der Waals surface area contributed by atoms with Crippen LogP contribution in [0.15, 0.2) is 22.2 Å². The fraction of sp³-hybridized carbons (Fsp3) is 0.632. The van der Waals surface area contributed by atoms with Crippen molar-refractivity contribution in [3.63, 3.8) is 0 Å². The highest BCUT2D eigenvalue weighted by molar-refractivity contribution is 7.09. The van der Waals surface area contributed by atoms with Gasteiger partial charge in [0.05, 0.1) is 12.7 Å². The third kappa shape index (κ3) is 4.56. The molecule has 2 aliphatic rings. The highest BCUT2D eigenvalue weighted by Crippen LogP contribution is 2.29. The minimum Gasteiger partial charge on any atom is -0.435 e. The van der Waals surface area contributed by atoms with Crippen LogP contribution in [0, 0.1) is 0 Å². The van der Waals surface area contributed by atoms with Gasteiger partial charge in [-0.25, -0.2) is 9.97 Å². The molecule has 2 aliphatic heterocycles. The van der Waals surface area contributed by atoms with Gasteiger partial charge in [0.15, 0.2) is 5.89 Å². The lowest BCUT2D eigenvalue weighted by Crippen LogP contribution is -2.34. The number of likely N-dealkylation sites (tertiary alicyclic amines) is 1. The van der Waals surface area contributed by atoms with E-state index in [-0.39, 0.29) is 5.91 Å². The van der Waals surface area contributed by atoms with E-state index in [1.807, 2.05) is 16.5 Å². The third-order valence-corrected chi connectivity index (χ3v) is 6.28. The number of thiazole rings is 1. The van der Waals surface area contributed by atoms with E-state index in [0.29, 0.717) is 11.7 Å². The quantitative estimate of drug-likeness (QED) is 0.799. The highest BCUT2D eigenvalue weighted by atomic mass is 32.1. The monoisotopic (exact) mass is 389 g/mol. The number of carbonyl (C=O) groups is 1. The van der Waals surface area contributed by atoms with Gasteiger partial charge < -0.3 is 14.2 Å². The van der Waals surface area contributed by atoms with Crippen molar-refractivity contribution in [1.82, 2.24) is 24.7 Å². The maximum atomic E-state index is 12.7. The van der Waals surface area contributed by atoms with Crippen molar-refractivity contribution in [3.05, 3.63) is 34.4 Å². The molecule has 146 valence electrons. The third-order valence-electron chi connectivity index (χ3n) is 5.52. The number of aromatic nitrogens is 2. The van der Waals surface area contributed by atoms with Crippen LogP contribution in [0.1, 0.15) is 46.6 Å². The zero-order chi connectivity index (χ0) is 18.6. The van der Waals surface area contributed by atoms with Crippen molar-refractivity contribution in [2.75, 3.05) is 46.3 Å². The summed E-state index contributed by atoms with van der Waals surface area (Å²) in [7, 11) is 2.10. The molecule has 27 heavy (non-hydrogen) atoms. The average molecular weight is 390 g/mol. The first-order chi connectivity index (χ1) is 13.2. The second kappa shape index (κ2) is 8.50. The van der Waals surface area contributed by atoms with E-state index in [4.69, 9.17) is 4.42 Å². The van der Waals surface area contributed by atoms with Crippen molar-refractivity contribution in [1.29, 1.82) is 0 Å². The predicted octanol–water partition coefficient (Wildman–Crippen LogP) is 2.29. The van der Waals surface area contributed by atoms with Crippen LogP contribution in [-0.4, -0.2) is 76.9 Å². The molecule has 2 aromatic heterocycles. The molecule has 2 saturated heterocycles. The van der Waals surface area contributed by atoms with Crippen LogP contribution in [0.5, 0.6) is 0 Å². The zero-order valence-corrected chi connectivity index (χ0v) is 16.7. The summed E-state index contributed by atoms with van der Waals surface area (Å²) in [6, 6.07) is 0. The van der Waals surface area contributed by atoms with Gasteiger partial charge in [-0.15, -0.1) is 11.3 Å². The molecular weight excluding hydrogens is 362 g/mol. The van der Waals surface area contributed by atoms with Crippen LogP contribution in [0.3, 0.4) is 0 Å². The van der Waals surface area contributed by atoms with E-state index in [1.165, 1.54) is 5.01 Å². The van der Waals surface area contributed by atoms with Gasteiger partial charge in [0.2, 0.25) is 5.76 Å². The smallest absolute Gasteiger partial charge is 0.291 e. The van der Waals surface area contributed by atoms with Crippen LogP contribution in [0.25, 0.3) is 0 Å². The van der Waals surface area contributed by atoms with Gasteiger partial charge in [0.25, 0.3) is 5.91 Å². The molecule has 0 spiro atoms. The Morgan fingerprint density at radius 2 is 2.04 bits per heavy atom. The number of nitrogens with zero attached hydrogens (tertiary/aromatic N) is 5. The first-order valence-corrected chi connectivity index (χ1v) is 10.6. The molecule has 4 rings (SSSR count). The van der Waals surface area contributed by atoms with Crippen molar-refractivity contribution in [2.24, 2.45) is 0 Å². The Morgan fingerprint density at radius 3 is 2.81 bits per heavy atom. The summed E-state index contributed by atoms with van der Waals surface area (Å²) >= 11 is 1.71. The molecule has 4 heterocycles. The molecule has 0 unspecified atom stereocenters. The average Bonchev–Trinajstić information content (AvgIpc) is 3.32. The summed E-state index contributed by atoms with van der Waals surface area (Å²) < 4.78 is 5.90. The summed E-state index contributed by atoms with van der Waals surface area (Å²) in [6.45, 7) is 6.41. The van der Waals surface area contributed by atoms with Gasteiger partial charge in [-0.3, -0.25) is 9.69 Å². The second-order valence-corrected chi connectivity index (χ2v) is 8.47. The number of oxazole rings is 1. The predicted molar refractivity (Wildman–Crippen MR) is 104 cm³/mol. The van der Waals surface area contributed by atoms with Crippen LogP contribution >= 0.6 is 11.3 Å². The molecule has 0 aliphatic carbocycles. The summed E-state index contributed by atoms with van der Waals surface area (Å²) in [5.74, 6) is 1.39. The number of rotatable bonds is 4. The molecule has 7 nitrogen and oxygen atoms in total. The van der Waals surface area contributed by atoms with E-state index in [0.717, 1.165) is 71.0 Å². The van der Waals surface area contributed by atoms with Gasteiger partial charge in [-0.1, -0.05) is 0 Å². The lowest BCUT2D eigenvalue weighted by molar-refractivity contribution is 0.0726. The first kappa shape index (κ1) is 18.6. The number of carbonyl (C=O) groups excluding carboxylic acids is 1. The molecule has 0 saturated carbocycles. The molecular formula is C19H27N5O2S. The molecule has 1 amide bonds. The Labute approximate surface area is 164 Å². The molecule has 0 atom stereocenters.